The lowest BCUT2D eigenvalue weighted by Gasteiger charge is -2.29. The van der Waals surface area contributed by atoms with Crippen LogP contribution >= 0.6 is 27.5 Å². The SMILES string of the molecule is CC1=C(C(=O)Nc2ccc(C)cc2)C(c2cc(Br)ccc2OCc2ccc(Cl)cc2)n2nnnc2N1. The van der Waals surface area contributed by atoms with Crippen LogP contribution in [0.3, 0.4) is 0 Å². The Morgan fingerprint density at radius 3 is 2.61 bits per heavy atom. The van der Waals surface area contributed by atoms with Crippen LogP contribution in [0.4, 0.5) is 11.6 Å². The lowest BCUT2D eigenvalue weighted by molar-refractivity contribution is -0.113. The van der Waals surface area contributed by atoms with Crippen LogP contribution < -0.4 is 15.4 Å². The number of nitrogens with one attached hydrogen (secondary N) is 2. The highest BCUT2D eigenvalue weighted by molar-refractivity contribution is 9.10. The van der Waals surface area contributed by atoms with Gasteiger partial charge in [0.2, 0.25) is 5.95 Å². The summed E-state index contributed by atoms with van der Waals surface area (Å²) in [6.07, 6.45) is 0. The predicted molar refractivity (Wildman–Crippen MR) is 142 cm³/mol. The van der Waals surface area contributed by atoms with E-state index in [2.05, 4.69) is 42.1 Å². The van der Waals surface area contributed by atoms with Crippen LogP contribution in [-0.2, 0) is 11.4 Å². The molecule has 1 atom stereocenters. The molecule has 0 radical (unpaired) electrons. The number of anilines is 2. The van der Waals surface area contributed by atoms with E-state index in [0.717, 1.165) is 21.2 Å². The first kappa shape index (κ1) is 24.0. The van der Waals surface area contributed by atoms with Crippen molar-refractivity contribution in [3.63, 3.8) is 0 Å². The third-order valence-electron chi connectivity index (χ3n) is 5.84. The zero-order valence-electron chi connectivity index (χ0n) is 19.5. The molecule has 2 heterocycles. The lowest BCUT2D eigenvalue weighted by Crippen LogP contribution is -2.31. The topological polar surface area (TPSA) is 94.0 Å². The summed E-state index contributed by atoms with van der Waals surface area (Å²) in [4.78, 5) is 13.6. The van der Waals surface area contributed by atoms with Crippen molar-refractivity contribution in [1.29, 1.82) is 0 Å². The standard InChI is InChI=1S/C26H22BrClN6O2/c1-15-3-10-20(11-4-15)30-25(35)23-16(2)29-26-31-32-33-34(26)24(23)21-13-18(27)7-12-22(21)36-14-17-5-8-19(28)9-6-17/h3-13,24H,14H2,1-2H3,(H,30,35)(H,29,31,33). The fraction of sp³-hybridized carbons (Fsp3) is 0.154. The number of rotatable bonds is 6. The van der Waals surface area contributed by atoms with E-state index in [0.29, 0.717) is 40.3 Å². The number of tetrazole rings is 1. The van der Waals surface area contributed by atoms with Crippen molar-refractivity contribution in [2.45, 2.75) is 26.5 Å². The number of carbonyl (C=O) groups excluding carboxylic acids is 1. The molecule has 2 N–H and O–H groups in total. The first-order chi connectivity index (χ1) is 17.4. The molecule has 0 spiro atoms. The number of nitrogens with zero attached hydrogens (tertiary/aromatic N) is 4. The maximum absolute atomic E-state index is 13.6. The van der Waals surface area contributed by atoms with Gasteiger partial charge in [-0.05, 0) is 72.3 Å². The van der Waals surface area contributed by atoms with Crippen LogP contribution in [0.15, 0.2) is 82.5 Å². The quantitative estimate of drug-likeness (QED) is 0.302. The number of carbonyl (C=O) groups is 1. The third kappa shape index (κ3) is 4.98. The van der Waals surface area contributed by atoms with E-state index in [1.54, 1.807) is 4.68 Å². The minimum atomic E-state index is -0.626. The number of aryl methyl sites for hydroxylation is 1. The number of allylic oxidation sites excluding steroid dienone is 1. The number of halogens is 2. The molecule has 0 fully saturated rings. The number of benzene rings is 3. The maximum atomic E-state index is 13.6. The normalized spacial score (nSPS) is 14.7. The van der Waals surface area contributed by atoms with Crippen LogP contribution in [0.1, 0.15) is 29.7 Å². The summed E-state index contributed by atoms with van der Waals surface area (Å²) in [7, 11) is 0. The van der Waals surface area contributed by atoms with Crippen molar-refractivity contribution < 1.29 is 9.53 Å². The third-order valence-corrected chi connectivity index (χ3v) is 6.59. The smallest absolute Gasteiger partial charge is 0.255 e. The molecule has 0 saturated carbocycles. The van der Waals surface area contributed by atoms with Crippen LogP contribution in [0.2, 0.25) is 5.02 Å². The average molecular weight is 566 g/mol. The molecule has 0 aliphatic carbocycles. The minimum Gasteiger partial charge on any atom is -0.489 e. The van der Waals surface area contributed by atoms with Crippen molar-refractivity contribution in [3.8, 4) is 5.75 Å². The highest BCUT2D eigenvalue weighted by atomic mass is 79.9. The molecule has 36 heavy (non-hydrogen) atoms. The Balaban J connectivity index is 1.53. The average Bonchev–Trinajstić information content (AvgIpc) is 3.33. The number of amides is 1. The zero-order chi connectivity index (χ0) is 25.2. The van der Waals surface area contributed by atoms with Gasteiger partial charge < -0.3 is 15.4 Å². The van der Waals surface area contributed by atoms with Gasteiger partial charge in [-0.2, -0.15) is 4.68 Å². The Labute approximate surface area is 221 Å². The molecule has 182 valence electrons. The van der Waals surface area contributed by atoms with Gasteiger partial charge in [0, 0.05) is 26.4 Å². The van der Waals surface area contributed by atoms with Gasteiger partial charge in [0.05, 0.1) is 5.57 Å². The van der Waals surface area contributed by atoms with Crippen molar-refractivity contribution in [1.82, 2.24) is 20.2 Å². The molecule has 3 aromatic carbocycles. The van der Waals surface area contributed by atoms with E-state index in [4.69, 9.17) is 16.3 Å². The van der Waals surface area contributed by atoms with E-state index in [1.807, 2.05) is 80.6 Å². The Kier molecular flexibility index (Phi) is 6.75. The molecule has 1 aliphatic heterocycles. The summed E-state index contributed by atoms with van der Waals surface area (Å²) in [5.74, 6) is 0.779. The fourth-order valence-corrected chi connectivity index (χ4v) is 4.54. The Morgan fingerprint density at radius 1 is 1.11 bits per heavy atom. The summed E-state index contributed by atoms with van der Waals surface area (Å²) in [6.45, 7) is 4.16. The second-order valence-electron chi connectivity index (χ2n) is 8.43. The van der Waals surface area contributed by atoms with E-state index in [-0.39, 0.29) is 5.91 Å². The monoisotopic (exact) mass is 564 g/mol. The van der Waals surface area contributed by atoms with Crippen LogP contribution in [0.5, 0.6) is 5.75 Å². The van der Waals surface area contributed by atoms with Crippen LogP contribution in [-0.4, -0.2) is 26.1 Å². The maximum Gasteiger partial charge on any atom is 0.255 e. The van der Waals surface area contributed by atoms with E-state index >= 15 is 0 Å². The van der Waals surface area contributed by atoms with Crippen molar-refractivity contribution in [2.24, 2.45) is 0 Å². The van der Waals surface area contributed by atoms with Gasteiger partial charge in [-0.25, -0.2) is 0 Å². The Morgan fingerprint density at radius 2 is 1.86 bits per heavy atom. The first-order valence-electron chi connectivity index (χ1n) is 11.2. The summed E-state index contributed by atoms with van der Waals surface area (Å²) in [5, 5.41) is 18.9. The number of ether oxygens (including phenoxy) is 1. The molecular formula is C26H22BrClN6O2. The number of fused-ring (bicyclic) bond motifs is 1. The molecule has 5 rings (SSSR count). The molecule has 10 heteroatoms. The van der Waals surface area contributed by atoms with Crippen molar-refractivity contribution >= 4 is 45.1 Å². The minimum absolute atomic E-state index is 0.265. The van der Waals surface area contributed by atoms with E-state index < -0.39 is 6.04 Å². The fourth-order valence-electron chi connectivity index (χ4n) is 4.04. The Bertz CT molecular complexity index is 1450. The number of hydrogen-bond acceptors (Lipinski definition) is 6. The number of aromatic nitrogens is 4. The molecule has 0 saturated heterocycles. The molecule has 1 aliphatic rings. The van der Waals surface area contributed by atoms with E-state index in [9.17, 15) is 4.79 Å². The number of hydrogen-bond donors (Lipinski definition) is 2. The van der Waals surface area contributed by atoms with Gasteiger partial charge >= 0.3 is 0 Å². The summed E-state index contributed by atoms with van der Waals surface area (Å²) in [5.41, 5.74) is 4.63. The first-order valence-corrected chi connectivity index (χ1v) is 12.4. The molecular weight excluding hydrogens is 544 g/mol. The van der Waals surface area contributed by atoms with Crippen molar-refractivity contribution in [2.75, 3.05) is 10.6 Å². The van der Waals surface area contributed by atoms with Crippen molar-refractivity contribution in [3.05, 3.63) is 104 Å². The second kappa shape index (κ2) is 10.1. The molecule has 1 amide bonds. The highest BCUT2D eigenvalue weighted by Gasteiger charge is 2.36. The second-order valence-corrected chi connectivity index (χ2v) is 9.78. The molecule has 8 nitrogen and oxygen atoms in total. The van der Waals surface area contributed by atoms with Gasteiger partial charge in [-0.3, -0.25) is 4.79 Å². The van der Waals surface area contributed by atoms with Crippen LogP contribution in [0, 0.1) is 6.92 Å². The molecule has 0 bridgehead atoms. The van der Waals surface area contributed by atoms with Gasteiger partial charge in [0.1, 0.15) is 18.4 Å². The summed E-state index contributed by atoms with van der Waals surface area (Å²) >= 11 is 9.59. The van der Waals surface area contributed by atoms with Gasteiger partial charge in [-0.1, -0.05) is 62.5 Å². The molecule has 1 unspecified atom stereocenters. The largest absolute Gasteiger partial charge is 0.489 e. The van der Waals surface area contributed by atoms with E-state index in [1.165, 1.54) is 0 Å². The molecule has 1 aromatic heterocycles. The summed E-state index contributed by atoms with van der Waals surface area (Å²) < 4.78 is 8.66. The van der Waals surface area contributed by atoms with Gasteiger partial charge in [-0.15, -0.1) is 0 Å². The zero-order valence-corrected chi connectivity index (χ0v) is 21.8. The van der Waals surface area contributed by atoms with Gasteiger partial charge in [0.15, 0.2) is 0 Å². The predicted octanol–water partition coefficient (Wildman–Crippen LogP) is 5.90. The highest BCUT2D eigenvalue weighted by Crippen LogP contribution is 2.40. The van der Waals surface area contributed by atoms with Gasteiger partial charge in [0.25, 0.3) is 5.91 Å². The lowest BCUT2D eigenvalue weighted by atomic mass is 9.94. The van der Waals surface area contributed by atoms with Crippen LogP contribution in [0.25, 0.3) is 0 Å². The summed E-state index contributed by atoms with van der Waals surface area (Å²) in [6, 6.07) is 20.2. The Hall–Kier alpha value is -3.69. The molecule has 4 aromatic rings.